The lowest BCUT2D eigenvalue weighted by molar-refractivity contribution is -0.525. The quantitative estimate of drug-likeness (QED) is 0.714. The van der Waals surface area contributed by atoms with Gasteiger partial charge in [-0.1, -0.05) is 13.0 Å². The van der Waals surface area contributed by atoms with Crippen LogP contribution in [0, 0.1) is 0 Å². The molecule has 2 rings (SSSR count). The van der Waals surface area contributed by atoms with E-state index in [0.29, 0.717) is 6.04 Å². The first-order chi connectivity index (χ1) is 8.11. The molecule has 0 fully saturated rings. The van der Waals surface area contributed by atoms with E-state index in [0.717, 1.165) is 6.42 Å². The van der Waals surface area contributed by atoms with Gasteiger partial charge >= 0.3 is 0 Å². The van der Waals surface area contributed by atoms with Crippen LogP contribution in [-0.4, -0.2) is 33.2 Å². The molecule has 0 spiro atoms. The molecule has 17 heavy (non-hydrogen) atoms. The molecule has 0 saturated carbocycles. The summed E-state index contributed by atoms with van der Waals surface area (Å²) in [5, 5.41) is 4.22. The van der Waals surface area contributed by atoms with Crippen LogP contribution in [0.15, 0.2) is 30.6 Å². The van der Waals surface area contributed by atoms with Crippen molar-refractivity contribution in [1.82, 2.24) is 9.78 Å². The van der Waals surface area contributed by atoms with Crippen molar-refractivity contribution in [1.29, 1.82) is 0 Å². The lowest BCUT2D eigenvalue weighted by atomic mass is 10.1. The van der Waals surface area contributed by atoms with Crippen molar-refractivity contribution in [2.75, 3.05) is 7.05 Å². The largest absolute Gasteiger partial charge is 0.275 e. The summed E-state index contributed by atoms with van der Waals surface area (Å²) >= 11 is 0. The molecule has 1 aliphatic rings. The SMILES string of the molecule is CCC1C=CC(c2cnn(C)c2)=CC(C)=[N+]1C. The Labute approximate surface area is 103 Å². The van der Waals surface area contributed by atoms with E-state index in [1.807, 2.05) is 17.9 Å². The first kappa shape index (κ1) is 11.8. The summed E-state index contributed by atoms with van der Waals surface area (Å²) in [6, 6.07) is 0.487. The summed E-state index contributed by atoms with van der Waals surface area (Å²) in [5.41, 5.74) is 3.70. The highest BCUT2D eigenvalue weighted by atomic mass is 15.2. The summed E-state index contributed by atoms with van der Waals surface area (Å²) in [5.74, 6) is 0. The minimum Gasteiger partial charge on any atom is -0.275 e. The summed E-state index contributed by atoms with van der Waals surface area (Å²) in [6.45, 7) is 4.37. The van der Waals surface area contributed by atoms with E-state index in [2.05, 4.69) is 55.0 Å². The van der Waals surface area contributed by atoms with Gasteiger partial charge in [-0.15, -0.1) is 0 Å². The van der Waals surface area contributed by atoms with E-state index in [9.17, 15) is 0 Å². The van der Waals surface area contributed by atoms with Crippen molar-refractivity contribution in [3.05, 3.63) is 36.2 Å². The fourth-order valence-corrected chi connectivity index (χ4v) is 2.14. The van der Waals surface area contributed by atoms with E-state index in [1.54, 1.807) is 0 Å². The van der Waals surface area contributed by atoms with Gasteiger partial charge < -0.3 is 0 Å². The number of nitrogens with zero attached hydrogens (tertiary/aromatic N) is 3. The van der Waals surface area contributed by atoms with Crippen molar-refractivity contribution in [2.45, 2.75) is 26.3 Å². The maximum atomic E-state index is 4.22. The zero-order chi connectivity index (χ0) is 12.4. The lowest BCUT2D eigenvalue weighted by Crippen LogP contribution is -2.23. The summed E-state index contributed by atoms with van der Waals surface area (Å²) in [6.07, 6.45) is 11.8. The molecule has 0 saturated heterocycles. The van der Waals surface area contributed by atoms with Gasteiger partial charge in [-0.2, -0.15) is 5.10 Å². The Bertz CT molecular complexity index is 503. The third kappa shape index (κ3) is 2.38. The third-order valence-corrected chi connectivity index (χ3v) is 3.37. The zero-order valence-corrected chi connectivity index (χ0v) is 11.0. The first-order valence-electron chi connectivity index (χ1n) is 6.07. The molecular formula is C14H20N3+. The van der Waals surface area contributed by atoms with Gasteiger partial charge in [-0.3, -0.25) is 4.68 Å². The van der Waals surface area contributed by atoms with Crippen molar-refractivity contribution < 1.29 is 4.58 Å². The molecule has 3 nitrogen and oxygen atoms in total. The topological polar surface area (TPSA) is 20.8 Å². The molecule has 0 aromatic carbocycles. The normalized spacial score (nSPS) is 20.5. The third-order valence-electron chi connectivity index (χ3n) is 3.37. The maximum Gasteiger partial charge on any atom is 0.173 e. The number of hydrogen-bond donors (Lipinski definition) is 0. The predicted molar refractivity (Wildman–Crippen MR) is 71.3 cm³/mol. The van der Waals surface area contributed by atoms with Crippen LogP contribution >= 0.6 is 0 Å². The van der Waals surface area contributed by atoms with E-state index < -0.39 is 0 Å². The predicted octanol–water partition coefficient (Wildman–Crippen LogP) is 2.26. The molecule has 0 radical (unpaired) electrons. The molecule has 0 N–H and O–H groups in total. The highest BCUT2D eigenvalue weighted by molar-refractivity contribution is 5.98. The molecular weight excluding hydrogens is 210 g/mol. The highest BCUT2D eigenvalue weighted by Gasteiger charge is 2.17. The van der Waals surface area contributed by atoms with E-state index in [4.69, 9.17) is 0 Å². The van der Waals surface area contributed by atoms with Crippen molar-refractivity contribution in [3.63, 3.8) is 0 Å². The maximum absolute atomic E-state index is 4.22. The van der Waals surface area contributed by atoms with Gasteiger partial charge in [0.15, 0.2) is 11.8 Å². The van der Waals surface area contributed by atoms with E-state index in [-0.39, 0.29) is 0 Å². The Kier molecular flexibility index (Phi) is 3.27. The number of aryl methyl sites for hydroxylation is 1. The Hall–Kier alpha value is -1.64. The van der Waals surface area contributed by atoms with E-state index >= 15 is 0 Å². The van der Waals surface area contributed by atoms with Crippen LogP contribution in [0.3, 0.4) is 0 Å². The number of aromatic nitrogens is 2. The smallest absolute Gasteiger partial charge is 0.173 e. The summed E-state index contributed by atoms with van der Waals surface area (Å²) in [4.78, 5) is 0. The van der Waals surface area contributed by atoms with Gasteiger partial charge in [-0.25, -0.2) is 4.58 Å². The minimum atomic E-state index is 0.487. The molecule has 90 valence electrons. The molecule has 2 heterocycles. The van der Waals surface area contributed by atoms with Gasteiger partial charge in [0, 0.05) is 38.2 Å². The van der Waals surface area contributed by atoms with Crippen molar-refractivity contribution in [3.8, 4) is 0 Å². The average Bonchev–Trinajstić information content (AvgIpc) is 2.68. The molecule has 3 heteroatoms. The van der Waals surface area contributed by atoms with Crippen LogP contribution in [-0.2, 0) is 7.05 Å². The van der Waals surface area contributed by atoms with Gasteiger partial charge in [0.1, 0.15) is 7.05 Å². The monoisotopic (exact) mass is 230 g/mol. The van der Waals surface area contributed by atoms with Gasteiger partial charge in [0.25, 0.3) is 0 Å². The van der Waals surface area contributed by atoms with E-state index in [1.165, 1.54) is 16.8 Å². The minimum absolute atomic E-state index is 0.487. The van der Waals surface area contributed by atoms with Crippen LogP contribution in [0.2, 0.25) is 0 Å². The molecule has 0 amide bonds. The van der Waals surface area contributed by atoms with Crippen LogP contribution in [0.1, 0.15) is 25.8 Å². The number of hydrogen-bond acceptors (Lipinski definition) is 1. The van der Waals surface area contributed by atoms with Crippen molar-refractivity contribution >= 4 is 11.3 Å². The second-order valence-corrected chi connectivity index (χ2v) is 4.59. The van der Waals surface area contributed by atoms with Crippen molar-refractivity contribution in [2.24, 2.45) is 7.05 Å². The Balaban J connectivity index is 2.41. The molecule has 1 unspecified atom stereocenters. The molecule has 1 aliphatic heterocycles. The number of allylic oxidation sites excluding steroid dienone is 3. The van der Waals surface area contributed by atoms with Gasteiger partial charge in [0.2, 0.25) is 0 Å². The standard InChI is InChI=1S/C14H20N3/c1-5-14-7-6-12(8-11(2)17(14)4)13-9-15-16(3)10-13/h6-10,14H,5H2,1-4H3/q+1. The average molecular weight is 230 g/mol. The van der Waals surface area contributed by atoms with Crippen LogP contribution in [0.5, 0.6) is 0 Å². The zero-order valence-electron chi connectivity index (χ0n) is 11.0. The lowest BCUT2D eigenvalue weighted by Gasteiger charge is -2.05. The summed E-state index contributed by atoms with van der Waals surface area (Å²) < 4.78 is 4.16. The summed E-state index contributed by atoms with van der Waals surface area (Å²) in [7, 11) is 4.10. The van der Waals surface area contributed by atoms with Crippen LogP contribution < -0.4 is 0 Å². The second-order valence-electron chi connectivity index (χ2n) is 4.59. The number of rotatable bonds is 2. The second kappa shape index (κ2) is 4.70. The molecule has 1 aromatic rings. The van der Waals surface area contributed by atoms with Gasteiger partial charge in [-0.05, 0) is 11.6 Å². The molecule has 1 aromatic heterocycles. The Morgan fingerprint density at radius 2 is 2.24 bits per heavy atom. The highest BCUT2D eigenvalue weighted by Crippen LogP contribution is 2.18. The van der Waals surface area contributed by atoms with Gasteiger partial charge in [0.05, 0.1) is 6.20 Å². The first-order valence-corrected chi connectivity index (χ1v) is 6.07. The number of likely N-dealkylation sites (N-methyl/N-ethyl adjacent to an activating group) is 1. The van der Waals surface area contributed by atoms with Crippen LogP contribution in [0.4, 0.5) is 0 Å². The molecule has 0 aliphatic carbocycles. The molecule has 0 bridgehead atoms. The van der Waals surface area contributed by atoms with Crippen LogP contribution in [0.25, 0.3) is 5.57 Å². The Morgan fingerprint density at radius 1 is 1.47 bits per heavy atom. The fourth-order valence-electron chi connectivity index (χ4n) is 2.14. The molecule has 1 atom stereocenters. The fraction of sp³-hybridized carbons (Fsp3) is 0.429. The Morgan fingerprint density at radius 3 is 2.82 bits per heavy atom.